The molecule has 5 rings (SSSR count). The van der Waals surface area contributed by atoms with Crippen LogP contribution in [0.15, 0.2) is 114 Å². The van der Waals surface area contributed by atoms with Crippen molar-refractivity contribution in [3.05, 3.63) is 105 Å². The average Bonchev–Trinajstić information content (AvgIpc) is 2.87. The first-order valence-electron chi connectivity index (χ1n) is 10.4. The Balaban J connectivity index is 1.75. The molecule has 0 atom stereocenters. The molecule has 0 aliphatic heterocycles. The SMILES string of the molecule is O=c1cc(-c2ccccc2)oc2c(Sc3ccc(Cl)cc3)c(O)c(Sc3ccc(Cl)cc3)c(O)c12. The highest BCUT2D eigenvalue weighted by Gasteiger charge is 2.25. The van der Waals surface area contributed by atoms with Crippen LogP contribution in [-0.4, -0.2) is 10.2 Å². The quantitative estimate of drug-likeness (QED) is 0.233. The molecule has 8 heteroatoms. The van der Waals surface area contributed by atoms with E-state index in [1.54, 1.807) is 48.5 Å². The van der Waals surface area contributed by atoms with Gasteiger partial charge in [-0.25, -0.2) is 0 Å². The van der Waals surface area contributed by atoms with E-state index in [9.17, 15) is 15.0 Å². The van der Waals surface area contributed by atoms with Gasteiger partial charge in [0.15, 0.2) is 16.8 Å². The van der Waals surface area contributed by atoms with Crippen molar-refractivity contribution < 1.29 is 14.6 Å². The van der Waals surface area contributed by atoms with E-state index >= 15 is 0 Å². The van der Waals surface area contributed by atoms with Crippen LogP contribution < -0.4 is 5.43 Å². The third kappa shape index (κ3) is 4.88. The van der Waals surface area contributed by atoms with Gasteiger partial charge in [-0.15, -0.1) is 0 Å². The van der Waals surface area contributed by atoms with Crippen LogP contribution in [0.3, 0.4) is 0 Å². The van der Waals surface area contributed by atoms with E-state index in [4.69, 9.17) is 27.6 Å². The summed E-state index contributed by atoms with van der Waals surface area (Å²) in [5.74, 6) is -0.201. The zero-order chi connectivity index (χ0) is 24.5. The third-order valence-corrected chi connectivity index (χ3v) is 7.85. The van der Waals surface area contributed by atoms with Gasteiger partial charge in [-0.2, -0.15) is 0 Å². The van der Waals surface area contributed by atoms with Crippen molar-refractivity contribution in [3.63, 3.8) is 0 Å². The van der Waals surface area contributed by atoms with Crippen LogP contribution in [0.1, 0.15) is 0 Å². The summed E-state index contributed by atoms with van der Waals surface area (Å²) in [6.07, 6.45) is 0. The van der Waals surface area contributed by atoms with Gasteiger partial charge in [0.1, 0.15) is 16.9 Å². The molecule has 0 saturated heterocycles. The Morgan fingerprint density at radius 1 is 0.686 bits per heavy atom. The van der Waals surface area contributed by atoms with E-state index in [2.05, 4.69) is 0 Å². The number of fused-ring (bicyclic) bond motifs is 1. The first kappa shape index (κ1) is 23.7. The lowest BCUT2D eigenvalue weighted by atomic mass is 10.1. The van der Waals surface area contributed by atoms with Crippen LogP contribution in [0.4, 0.5) is 0 Å². The predicted molar refractivity (Wildman–Crippen MR) is 142 cm³/mol. The van der Waals surface area contributed by atoms with E-state index in [1.807, 2.05) is 30.3 Å². The summed E-state index contributed by atoms with van der Waals surface area (Å²) in [4.78, 5) is 15.2. The summed E-state index contributed by atoms with van der Waals surface area (Å²) in [7, 11) is 0. The third-order valence-electron chi connectivity index (χ3n) is 5.16. The molecule has 0 aliphatic rings. The minimum Gasteiger partial charge on any atom is -0.506 e. The number of phenols is 2. The molecule has 0 spiro atoms. The van der Waals surface area contributed by atoms with Gasteiger partial charge in [-0.1, -0.05) is 77.1 Å². The van der Waals surface area contributed by atoms with Gasteiger partial charge in [0, 0.05) is 31.5 Å². The van der Waals surface area contributed by atoms with Gasteiger partial charge in [0.25, 0.3) is 0 Å². The molecule has 5 aromatic rings. The van der Waals surface area contributed by atoms with E-state index < -0.39 is 5.43 Å². The number of phenolic OH excluding ortho intramolecular Hbond substituents is 2. The molecule has 0 fully saturated rings. The number of aromatic hydroxyl groups is 2. The van der Waals surface area contributed by atoms with Crippen molar-refractivity contribution in [3.8, 4) is 22.8 Å². The molecule has 1 aromatic heterocycles. The molecule has 0 unspecified atom stereocenters. The lowest BCUT2D eigenvalue weighted by Crippen LogP contribution is -2.03. The molecule has 4 aromatic carbocycles. The molecule has 0 bridgehead atoms. The minimum absolute atomic E-state index is 0.00425. The zero-order valence-corrected chi connectivity index (χ0v) is 21.0. The highest BCUT2D eigenvalue weighted by molar-refractivity contribution is 8.00. The molecule has 4 nitrogen and oxygen atoms in total. The molecule has 0 saturated carbocycles. The van der Waals surface area contributed by atoms with E-state index in [0.717, 1.165) is 21.6 Å². The Labute approximate surface area is 219 Å². The van der Waals surface area contributed by atoms with Crippen LogP contribution in [0, 0.1) is 0 Å². The van der Waals surface area contributed by atoms with Crippen LogP contribution >= 0.6 is 46.7 Å². The smallest absolute Gasteiger partial charge is 0.197 e. The van der Waals surface area contributed by atoms with Gasteiger partial charge in [-0.3, -0.25) is 4.79 Å². The van der Waals surface area contributed by atoms with Crippen molar-refractivity contribution in [1.29, 1.82) is 0 Å². The van der Waals surface area contributed by atoms with E-state index in [1.165, 1.54) is 17.8 Å². The summed E-state index contributed by atoms with van der Waals surface area (Å²) < 4.78 is 6.14. The molecule has 0 aliphatic carbocycles. The number of rotatable bonds is 5. The van der Waals surface area contributed by atoms with E-state index in [0.29, 0.717) is 26.3 Å². The largest absolute Gasteiger partial charge is 0.506 e. The van der Waals surface area contributed by atoms with Gasteiger partial charge >= 0.3 is 0 Å². The van der Waals surface area contributed by atoms with Gasteiger partial charge < -0.3 is 14.6 Å². The minimum atomic E-state index is -0.418. The maximum Gasteiger partial charge on any atom is 0.197 e. The number of halogens is 2. The second kappa shape index (κ2) is 9.91. The Bertz CT molecular complexity index is 1580. The second-order valence-corrected chi connectivity index (χ2v) is 10.6. The van der Waals surface area contributed by atoms with Crippen molar-refractivity contribution in [2.24, 2.45) is 0 Å². The zero-order valence-electron chi connectivity index (χ0n) is 17.9. The average molecular weight is 539 g/mol. The number of benzene rings is 4. The fourth-order valence-electron chi connectivity index (χ4n) is 3.49. The summed E-state index contributed by atoms with van der Waals surface area (Å²) in [6.45, 7) is 0. The van der Waals surface area contributed by atoms with E-state index in [-0.39, 0.29) is 27.4 Å². The highest BCUT2D eigenvalue weighted by Crippen LogP contribution is 2.51. The van der Waals surface area contributed by atoms with Gasteiger partial charge in [0.2, 0.25) is 0 Å². The summed E-state index contributed by atoms with van der Waals surface area (Å²) in [5.41, 5.74) is 0.387. The van der Waals surface area contributed by atoms with Gasteiger partial charge in [0.05, 0.1) is 9.79 Å². The monoisotopic (exact) mass is 538 g/mol. The van der Waals surface area contributed by atoms with Crippen LogP contribution in [0.2, 0.25) is 10.0 Å². The maximum absolute atomic E-state index is 13.2. The Hall–Kier alpha value is -3.03. The Morgan fingerprint density at radius 3 is 1.80 bits per heavy atom. The molecule has 0 amide bonds. The topological polar surface area (TPSA) is 70.7 Å². The Morgan fingerprint density at radius 2 is 1.23 bits per heavy atom. The number of hydrogen-bond acceptors (Lipinski definition) is 6. The van der Waals surface area contributed by atoms with Crippen LogP contribution in [0.25, 0.3) is 22.3 Å². The molecular formula is C27H16Cl2O4S2. The summed E-state index contributed by atoms with van der Waals surface area (Å²) >= 11 is 14.4. The first-order chi connectivity index (χ1) is 16.9. The predicted octanol–water partition coefficient (Wildman–Crippen LogP) is 8.48. The molecule has 2 N–H and O–H groups in total. The maximum atomic E-state index is 13.2. The van der Waals surface area contributed by atoms with Crippen molar-refractivity contribution >= 4 is 57.7 Å². The molecule has 1 heterocycles. The highest BCUT2D eigenvalue weighted by atomic mass is 35.5. The first-order valence-corrected chi connectivity index (χ1v) is 12.8. The molecular weight excluding hydrogens is 523 g/mol. The fourth-order valence-corrected chi connectivity index (χ4v) is 5.66. The van der Waals surface area contributed by atoms with Crippen LogP contribution in [0.5, 0.6) is 11.5 Å². The van der Waals surface area contributed by atoms with Gasteiger partial charge in [-0.05, 0) is 48.5 Å². The van der Waals surface area contributed by atoms with Crippen molar-refractivity contribution in [2.45, 2.75) is 19.6 Å². The summed E-state index contributed by atoms with van der Waals surface area (Å²) in [6, 6.07) is 24.6. The van der Waals surface area contributed by atoms with Crippen molar-refractivity contribution in [1.82, 2.24) is 0 Å². The summed E-state index contributed by atoms with van der Waals surface area (Å²) in [5, 5.41) is 23.6. The Kier molecular flexibility index (Phi) is 6.71. The van der Waals surface area contributed by atoms with Crippen molar-refractivity contribution in [2.75, 3.05) is 0 Å². The lowest BCUT2D eigenvalue weighted by Gasteiger charge is -2.15. The second-order valence-electron chi connectivity index (χ2n) is 7.51. The van der Waals surface area contributed by atoms with Crippen LogP contribution in [-0.2, 0) is 0 Å². The number of hydrogen-bond donors (Lipinski definition) is 2. The standard InChI is InChI=1S/C27H16Cl2O4S2/c28-16-6-10-18(11-7-16)34-26-23(31)22-20(30)14-21(15-4-2-1-3-5-15)33-25(22)27(24(26)32)35-19-12-8-17(29)9-13-19/h1-14,31-32H. The molecule has 35 heavy (non-hydrogen) atoms. The molecule has 174 valence electrons. The lowest BCUT2D eigenvalue weighted by molar-refractivity contribution is 0.420. The normalized spacial score (nSPS) is 11.1. The fraction of sp³-hybridized carbons (Fsp3) is 0. The molecule has 0 radical (unpaired) electrons.